The summed E-state index contributed by atoms with van der Waals surface area (Å²) in [7, 11) is 1.73. The summed E-state index contributed by atoms with van der Waals surface area (Å²) in [6.07, 6.45) is 0.130. The maximum absolute atomic E-state index is 12.9. The third-order valence-corrected chi connectivity index (χ3v) is 5.30. The molecule has 2 amide bonds. The summed E-state index contributed by atoms with van der Waals surface area (Å²) < 4.78 is 7.38. The Labute approximate surface area is 184 Å². The number of aromatic amines is 1. The monoisotopic (exact) mass is 436 g/mol. The van der Waals surface area contributed by atoms with E-state index in [9.17, 15) is 14.4 Å². The van der Waals surface area contributed by atoms with Gasteiger partial charge < -0.3 is 15.4 Å². The van der Waals surface area contributed by atoms with Crippen molar-refractivity contribution in [3.05, 3.63) is 70.3 Å². The second-order valence-corrected chi connectivity index (χ2v) is 7.64. The van der Waals surface area contributed by atoms with Crippen molar-refractivity contribution in [2.45, 2.75) is 32.6 Å². The number of ether oxygens (including phenoxy) is 1. The summed E-state index contributed by atoms with van der Waals surface area (Å²) in [6.45, 7) is 2.30. The summed E-state index contributed by atoms with van der Waals surface area (Å²) in [4.78, 5) is 36.5. The number of carbonyl (C=O) groups is 3. The first-order valence-electron chi connectivity index (χ1n) is 10.3. The molecule has 3 aromatic rings. The minimum Gasteiger partial charge on any atom is -0.370 e. The molecule has 32 heavy (non-hydrogen) atoms. The van der Waals surface area contributed by atoms with Gasteiger partial charge in [0.05, 0.1) is 18.4 Å². The highest BCUT2D eigenvalue weighted by molar-refractivity contribution is 5.97. The number of amides is 2. The van der Waals surface area contributed by atoms with Gasteiger partial charge in [0.1, 0.15) is 17.1 Å². The van der Waals surface area contributed by atoms with Crippen molar-refractivity contribution in [1.82, 2.24) is 30.6 Å². The molecule has 2 aromatic heterocycles. The van der Waals surface area contributed by atoms with Gasteiger partial charge in [-0.2, -0.15) is 10.2 Å². The Kier molecular flexibility index (Phi) is 6.13. The lowest BCUT2D eigenvalue weighted by atomic mass is 10.0. The molecule has 3 heterocycles. The maximum Gasteiger partial charge on any atom is 0.270 e. The van der Waals surface area contributed by atoms with Crippen LogP contribution >= 0.6 is 0 Å². The average Bonchev–Trinajstić information content (AvgIpc) is 3.41. The molecule has 1 aliphatic heterocycles. The van der Waals surface area contributed by atoms with E-state index in [4.69, 9.17) is 4.74 Å². The smallest absolute Gasteiger partial charge is 0.270 e. The Morgan fingerprint density at radius 1 is 1.19 bits per heavy atom. The number of carbonyl (C=O) groups excluding carboxylic acids is 3. The number of Topliss-reactive ketones (excluding diaryl/α,β-unsaturated/α-hetero) is 1. The lowest BCUT2D eigenvalue weighted by Gasteiger charge is -2.23. The molecule has 3 N–H and O–H groups in total. The number of rotatable bonds is 7. The average molecular weight is 436 g/mol. The van der Waals surface area contributed by atoms with E-state index in [0.29, 0.717) is 18.7 Å². The number of ketones is 1. The molecule has 10 heteroatoms. The van der Waals surface area contributed by atoms with E-state index in [1.807, 2.05) is 30.3 Å². The zero-order valence-corrected chi connectivity index (χ0v) is 17.8. The minimum atomic E-state index is -0.383. The van der Waals surface area contributed by atoms with Crippen LogP contribution in [0.2, 0.25) is 0 Å². The van der Waals surface area contributed by atoms with Crippen LogP contribution in [0.5, 0.6) is 0 Å². The summed E-state index contributed by atoms with van der Waals surface area (Å²) in [5.74, 6) is -0.812. The predicted molar refractivity (Wildman–Crippen MR) is 114 cm³/mol. The Bertz CT molecular complexity index is 1150. The standard InChI is InChI=1S/C22H24N6O4/c1-13(29)17-9-18(26-25-17)21(30)24-11-15-8-16-19(12-32-15)27-28(2)20(16)22(31)23-10-14-6-4-3-5-7-14/h3-7,9,15H,8,10-12H2,1-2H3,(H,23,31)(H,24,30)(H,25,26). The fraction of sp³-hybridized carbons (Fsp3) is 0.318. The third kappa shape index (κ3) is 4.59. The highest BCUT2D eigenvalue weighted by Crippen LogP contribution is 2.23. The van der Waals surface area contributed by atoms with Crippen molar-refractivity contribution in [2.75, 3.05) is 6.54 Å². The number of fused-ring (bicyclic) bond motifs is 1. The SMILES string of the molecule is CC(=O)c1cc(C(=O)NCC2Cc3c(nn(C)c3C(=O)NCc3ccccc3)CO2)[nH]n1. The largest absolute Gasteiger partial charge is 0.370 e. The predicted octanol–water partition coefficient (Wildman–Crippen LogP) is 1.15. The summed E-state index contributed by atoms with van der Waals surface area (Å²) in [6, 6.07) is 11.1. The molecular weight excluding hydrogens is 412 g/mol. The Balaban J connectivity index is 1.38. The highest BCUT2D eigenvalue weighted by atomic mass is 16.5. The molecule has 0 spiro atoms. The van der Waals surface area contributed by atoms with E-state index >= 15 is 0 Å². The van der Waals surface area contributed by atoms with Crippen LogP contribution in [0.15, 0.2) is 36.4 Å². The van der Waals surface area contributed by atoms with Gasteiger partial charge in [-0.1, -0.05) is 30.3 Å². The van der Waals surface area contributed by atoms with E-state index in [1.165, 1.54) is 13.0 Å². The fourth-order valence-corrected chi connectivity index (χ4v) is 3.63. The molecule has 4 rings (SSSR count). The zero-order chi connectivity index (χ0) is 22.7. The molecule has 1 aromatic carbocycles. The zero-order valence-electron chi connectivity index (χ0n) is 17.8. The van der Waals surface area contributed by atoms with Crippen LogP contribution in [-0.2, 0) is 31.4 Å². The van der Waals surface area contributed by atoms with Crippen LogP contribution in [0, 0.1) is 0 Å². The Morgan fingerprint density at radius 3 is 2.69 bits per heavy atom. The van der Waals surface area contributed by atoms with E-state index in [-0.39, 0.29) is 48.2 Å². The highest BCUT2D eigenvalue weighted by Gasteiger charge is 2.29. The van der Waals surface area contributed by atoms with Crippen molar-refractivity contribution in [3.8, 4) is 0 Å². The van der Waals surface area contributed by atoms with E-state index in [1.54, 1.807) is 11.7 Å². The lowest BCUT2D eigenvalue weighted by molar-refractivity contribution is 0.0265. The Morgan fingerprint density at radius 2 is 1.97 bits per heavy atom. The second-order valence-electron chi connectivity index (χ2n) is 7.64. The quantitative estimate of drug-likeness (QED) is 0.476. The van der Waals surface area contributed by atoms with Gasteiger partial charge in [0.15, 0.2) is 5.78 Å². The molecule has 10 nitrogen and oxygen atoms in total. The van der Waals surface area contributed by atoms with Gasteiger partial charge in [0.2, 0.25) is 0 Å². The van der Waals surface area contributed by atoms with Crippen LogP contribution in [0.1, 0.15) is 55.2 Å². The molecule has 0 aliphatic carbocycles. The van der Waals surface area contributed by atoms with Crippen LogP contribution in [0.3, 0.4) is 0 Å². The number of hydrogen-bond acceptors (Lipinski definition) is 6. The first-order chi connectivity index (χ1) is 15.4. The normalized spacial score (nSPS) is 15.1. The number of aromatic nitrogens is 4. The Hall–Kier alpha value is -3.79. The third-order valence-electron chi connectivity index (χ3n) is 5.30. The van der Waals surface area contributed by atoms with Gasteiger partial charge in [0.25, 0.3) is 11.8 Å². The van der Waals surface area contributed by atoms with E-state index in [2.05, 4.69) is 25.9 Å². The van der Waals surface area contributed by atoms with Gasteiger partial charge in [-0.15, -0.1) is 0 Å². The molecule has 0 saturated heterocycles. The van der Waals surface area contributed by atoms with Crippen molar-refractivity contribution in [1.29, 1.82) is 0 Å². The molecule has 0 radical (unpaired) electrons. The fourth-order valence-electron chi connectivity index (χ4n) is 3.63. The lowest BCUT2D eigenvalue weighted by Crippen LogP contribution is -2.37. The van der Waals surface area contributed by atoms with Crippen molar-refractivity contribution >= 4 is 17.6 Å². The number of aryl methyl sites for hydroxylation is 1. The van der Waals surface area contributed by atoms with Gasteiger partial charge >= 0.3 is 0 Å². The van der Waals surface area contributed by atoms with Crippen LogP contribution in [-0.4, -0.2) is 50.2 Å². The van der Waals surface area contributed by atoms with Crippen molar-refractivity contribution < 1.29 is 19.1 Å². The van der Waals surface area contributed by atoms with E-state index < -0.39 is 0 Å². The number of nitrogens with one attached hydrogen (secondary N) is 3. The summed E-state index contributed by atoms with van der Waals surface area (Å²) >= 11 is 0. The van der Waals surface area contributed by atoms with Gasteiger partial charge in [0, 0.05) is 39.0 Å². The summed E-state index contributed by atoms with van der Waals surface area (Å²) in [5.41, 5.74) is 3.45. The van der Waals surface area contributed by atoms with E-state index in [0.717, 1.165) is 16.8 Å². The molecule has 0 saturated carbocycles. The van der Waals surface area contributed by atoms with Crippen molar-refractivity contribution in [3.63, 3.8) is 0 Å². The first kappa shape index (κ1) is 21.4. The number of hydrogen-bond donors (Lipinski definition) is 3. The minimum absolute atomic E-state index is 0.203. The molecule has 0 bridgehead atoms. The van der Waals surface area contributed by atoms with Gasteiger partial charge in [-0.3, -0.25) is 24.2 Å². The molecular formula is C22H24N6O4. The molecule has 1 unspecified atom stereocenters. The second kappa shape index (κ2) is 9.15. The molecule has 1 atom stereocenters. The number of benzene rings is 1. The van der Waals surface area contributed by atoms with Crippen LogP contribution in [0.4, 0.5) is 0 Å². The van der Waals surface area contributed by atoms with Gasteiger partial charge in [-0.25, -0.2) is 0 Å². The number of nitrogens with zero attached hydrogens (tertiary/aromatic N) is 3. The van der Waals surface area contributed by atoms with Gasteiger partial charge in [-0.05, 0) is 11.6 Å². The van der Waals surface area contributed by atoms with Crippen LogP contribution < -0.4 is 10.6 Å². The summed E-state index contributed by atoms with van der Waals surface area (Å²) in [5, 5.41) is 16.5. The molecule has 166 valence electrons. The maximum atomic E-state index is 12.9. The van der Waals surface area contributed by atoms with Crippen molar-refractivity contribution in [2.24, 2.45) is 7.05 Å². The molecule has 0 fully saturated rings. The number of H-pyrrole nitrogens is 1. The van der Waals surface area contributed by atoms with Crippen LogP contribution in [0.25, 0.3) is 0 Å². The molecule has 1 aliphatic rings. The first-order valence-corrected chi connectivity index (χ1v) is 10.3. The topological polar surface area (TPSA) is 131 Å².